The Morgan fingerprint density at radius 2 is 1.71 bits per heavy atom. The molecule has 0 saturated heterocycles. The highest BCUT2D eigenvalue weighted by Gasteiger charge is 2.14. The van der Waals surface area contributed by atoms with Crippen LogP contribution >= 0.6 is 0 Å². The lowest BCUT2D eigenvalue weighted by molar-refractivity contribution is 0.588. The summed E-state index contributed by atoms with van der Waals surface area (Å²) in [5.74, 6) is 0. The molecule has 72 valence electrons. The third kappa shape index (κ3) is 1.58. The van der Waals surface area contributed by atoms with E-state index in [9.17, 15) is 0 Å². The topological polar surface area (TPSA) is 38.7 Å². The minimum absolute atomic E-state index is 0.110. The summed E-state index contributed by atoms with van der Waals surface area (Å²) in [6, 6.07) is 2.05. The minimum atomic E-state index is 0.110. The van der Waals surface area contributed by atoms with Gasteiger partial charge in [0.25, 0.3) is 0 Å². The molecular formula is C11H13N3. The quantitative estimate of drug-likeness (QED) is 0.635. The first-order valence-electron chi connectivity index (χ1n) is 4.64. The molecule has 0 aliphatic heterocycles. The van der Waals surface area contributed by atoms with Crippen LogP contribution in [0.1, 0.15) is 26.3 Å². The van der Waals surface area contributed by atoms with Crippen LogP contribution in [0.4, 0.5) is 0 Å². The number of hydrogen-bond donors (Lipinski definition) is 0. The molecule has 2 heterocycles. The van der Waals surface area contributed by atoms with Crippen molar-refractivity contribution in [2.45, 2.75) is 26.2 Å². The number of pyridine rings is 1. The van der Waals surface area contributed by atoms with E-state index in [1.807, 2.05) is 6.20 Å². The predicted molar refractivity (Wildman–Crippen MR) is 56.0 cm³/mol. The summed E-state index contributed by atoms with van der Waals surface area (Å²) < 4.78 is 0. The molecule has 0 amide bonds. The monoisotopic (exact) mass is 187 g/mol. The predicted octanol–water partition coefficient (Wildman–Crippen LogP) is 2.32. The molecule has 14 heavy (non-hydrogen) atoms. The molecular weight excluding hydrogens is 174 g/mol. The first kappa shape index (κ1) is 9.06. The van der Waals surface area contributed by atoms with Crippen molar-refractivity contribution in [3.8, 4) is 0 Å². The zero-order valence-corrected chi connectivity index (χ0v) is 8.65. The molecule has 3 nitrogen and oxygen atoms in total. The summed E-state index contributed by atoms with van der Waals surface area (Å²) in [6.45, 7) is 6.48. The Labute approximate surface area is 83.2 Å². The first-order valence-corrected chi connectivity index (χ1v) is 4.64. The van der Waals surface area contributed by atoms with Crippen LogP contribution in [0.3, 0.4) is 0 Å². The zero-order valence-electron chi connectivity index (χ0n) is 8.65. The summed E-state index contributed by atoms with van der Waals surface area (Å²) in [5, 5.41) is 0. The van der Waals surface area contributed by atoms with Gasteiger partial charge in [-0.05, 0) is 17.0 Å². The second-order valence-corrected chi connectivity index (χ2v) is 4.37. The van der Waals surface area contributed by atoms with Gasteiger partial charge in [0.05, 0.1) is 0 Å². The van der Waals surface area contributed by atoms with Gasteiger partial charge in [-0.2, -0.15) is 0 Å². The smallest absolute Gasteiger partial charge is 0.178 e. The van der Waals surface area contributed by atoms with Crippen molar-refractivity contribution in [1.29, 1.82) is 0 Å². The maximum absolute atomic E-state index is 4.27. The van der Waals surface area contributed by atoms with Gasteiger partial charge in [0, 0.05) is 18.6 Å². The molecule has 2 rings (SSSR count). The van der Waals surface area contributed by atoms with Gasteiger partial charge in [0.2, 0.25) is 0 Å². The van der Waals surface area contributed by atoms with E-state index >= 15 is 0 Å². The molecule has 2 aromatic rings. The third-order valence-corrected chi connectivity index (χ3v) is 2.19. The van der Waals surface area contributed by atoms with E-state index in [0.717, 1.165) is 5.52 Å². The largest absolute Gasteiger partial charge is 0.251 e. The Balaban J connectivity index is 2.63. The van der Waals surface area contributed by atoms with Crippen LogP contribution in [-0.4, -0.2) is 15.0 Å². The van der Waals surface area contributed by atoms with Gasteiger partial charge in [-0.15, -0.1) is 0 Å². The number of rotatable bonds is 0. The van der Waals surface area contributed by atoms with Crippen molar-refractivity contribution >= 4 is 11.2 Å². The summed E-state index contributed by atoms with van der Waals surface area (Å²) in [7, 11) is 0. The van der Waals surface area contributed by atoms with Gasteiger partial charge in [-0.3, -0.25) is 4.98 Å². The molecule has 0 spiro atoms. The molecule has 0 saturated carbocycles. The number of nitrogens with zero attached hydrogens (tertiary/aromatic N) is 3. The van der Waals surface area contributed by atoms with Crippen LogP contribution in [0.2, 0.25) is 0 Å². The molecule has 0 aliphatic rings. The van der Waals surface area contributed by atoms with E-state index in [1.165, 1.54) is 5.56 Å². The van der Waals surface area contributed by atoms with E-state index < -0.39 is 0 Å². The van der Waals surface area contributed by atoms with Crippen LogP contribution in [0, 0.1) is 0 Å². The molecule has 0 bridgehead atoms. The average molecular weight is 187 g/mol. The highest BCUT2D eigenvalue weighted by Crippen LogP contribution is 2.22. The summed E-state index contributed by atoms with van der Waals surface area (Å²) in [4.78, 5) is 12.6. The minimum Gasteiger partial charge on any atom is -0.251 e. The molecule has 0 N–H and O–H groups in total. The number of hydrogen-bond acceptors (Lipinski definition) is 3. The molecule has 0 atom stereocenters. The van der Waals surface area contributed by atoms with Crippen LogP contribution in [0.25, 0.3) is 11.2 Å². The van der Waals surface area contributed by atoms with Crippen molar-refractivity contribution in [3.05, 3.63) is 30.2 Å². The maximum atomic E-state index is 4.27. The van der Waals surface area contributed by atoms with Crippen LogP contribution < -0.4 is 0 Å². The Morgan fingerprint density at radius 1 is 1.00 bits per heavy atom. The molecule has 0 aliphatic carbocycles. The Hall–Kier alpha value is -1.51. The van der Waals surface area contributed by atoms with E-state index in [-0.39, 0.29) is 5.41 Å². The second-order valence-electron chi connectivity index (χ2n) is 4.37. The van der Waals surface area contributed by atoms with Gasteiger partial charge < -0.3 is 0 Å². The first-order chi connectivity index (χ1) is 6.57. The van der Waals surface area contributed by atoms with Crippen molar-refractivity contribution in [3.63, 3.8) is 0 Å². The lowest BCUT2D eigenvalue weighted by atomic mass is 9.88. The van der Waals surface area contributed by atoms with Crippen LogP contribution in [0.5, 0.6) is 0 Å². The Bertz CT molecular complexity index is 457. The third-order valence-electron chi connectivity index (χ3n) is 2.19. The van der Waals surface area contributed by atoms with E-state index in [1.54, 1.807) is 12.4 Å². The molecule has 0 aromatic carbocycles. The maximum Gasteiger partial charge on any atom is 0.178 e. The van der Waals surface area contributed by atoms with Gasteiger partial charge in [-0.1, -0.05) is 20.8 Å². The van der Waals surface area contributed by atoms with Gasteiger partial charge >= 0.3 is 0 Å². The molecule has 0 fully saturated rings. The van der Waals surface area contributed by atoms with Crippen molar-refractivity contribution < 1.29 is 0 Å². The fourth-order valence-electron chi connectivity index (χ4n) is 1.27. The molecule has 2 aromatic heterocycles. The van der Waals surface area contributed by atoms with E-state index in [2.05, 4.69) is 41.8 Å². The van der Waals surface area contributed by atoms with E-state index in [4.69, 9.17) is 0 Å². The van der Waals surface area contributed by atoms with Gasteiger partial charge in [-0.25, -0.2) is 9.97 Å². The SMILES string of the molecule is CC(C)(C)c1cnc2nccnc2c1. The summed E-state index contributed by atoms with van der Waals surface area (Å²) in [6.07, 6.45) is 5.22. The molecule has 3 heteroatoms. The van der Waals surface area contributed by atoms with Gasteiger partial charge in [0.1, 0.15) is 5.52 Å². The fourth-order valence-corrected chi connectivity index (χ4v) is 1.27. The zero-order chi connectivity index (χ0) is 10.2. The number of aromatic nitrogens is 3. The van der Waals surface area contributed by atoms with Gasteiger partial charge in [0.15, 0.2) is 5.65 Å². The standard InChI is InChI=1S/C11H13N3/c1-11(2,3)8-6-9-10(14-7-8)13-5-4-12-9/h4-7H,1-3H3. The van der Waals surface area contributed by atoms with Crippen molar-refractivity contribution in [2.24, 2.45) is 0 Å². The molecule has 0 radical (unpaired) electrons. The highest BCUT2D eigenvalue weighted by molar-refractivity contribution is 5.69. The average Bonchev–Trinajstić information content (AvgIpc) is 2.16. The fraction of sp³-hybridized carbons (Fsp3) is 0.364. The summed E-state index contributed by atoms with van der Waals surface area (Å²) >= 11 is 0. The normalized spacial score (nSPS) is 11.9. The second kappa shape index (κ2) is 3.01. The molecule has 0 unspecified atom stereocenters. The summed E-state index contributed by atoms with van der Waals surface area (Å²) in [5.41, 5.74) is 2.87. The number of fused-ring (bicyclic) bond motifs is 1. The van der Waals surface area contributed by atoms with E-state index in [0.29, 0.717) is 5.65 Å². The lowest BCUT2D eigenvalue weighted by Gasteiger charge is -2.18. The van der Waals surface area contributed by atoms with Crippen LogP contribution in [0.15, 0.2) is 24.7 Å². The Morgan fingerprint density at radius 3 is 2.43 bits per heavy atom. The lowest BCUT2D eigenvalue weighted by Crippen LogP contribution is -2.11. The van der Waals surface area contributed by atoms with Crippen LogP contribution in [-0.2, 0) is 5.41 Å². The highest BCUT2D eigenvalue weighted by atomic mass is 14.9. The van der Waals surface area contributed by atoms with Crippen molar-refractivity contribution in [2.75, 3.05) is 0 Å². The Kier molecular flexibility index (Phi) is 1.95. The van der Waals surface area contributed by atoms with Crippen molar-refractivity contribution in [1.82, 2.24) is 15.0 Å².